The molecule has 6 nitrogen and oxygen atoms in total. The van der Waals surface area contributed by atoms with Crippen LogP contribution >= 0.6 is 0 Å². The zero-order valence-corrected chi connectivity index (χ0v) is 19.4. The van der Waals surface area contributed by atoms with Gasteiger partial charge in [-0.15, -0.1) is 0 Å². The van der Waals surface area contributed by atoms with Crippen LogP contribution < -0.4 is 14.2 Å². The number of methoxy groups -OCH3 is 3. The molecule has 6 heteroatoms. The number of aryl methyl sites for hydroxylation is 1. The molecule has 0 fully saturated rings. The first-order chi connectivity index (χ1) is 14.9. The molecule has 0 saturated heterocycles. The van der Waals surface area contributed by atoms with E-state index in [1.807, 2.05) is 32.1 Å². The third-order valence-corrected chi connectivity index (χ3v) is 5.76. The van der Waals surface area contributed by atoms with E-state index in [2.05, 4.69) is 6.92 Å². The van der Waals surface area contributed by atoms with Crippen LogP contribution in [0.3, 0.4) is 0 Å². The molecule has 0 spiro atoms. The standard InChI is InChI=1S/C25H32N2O4/c1-7-12-25(2,3)24(28)17-10-8-9-11-18-22(17)27-19(15-26-18)16-13-20(29-4)23(31-6)21(14-16)30-5/h10,13-15H,7-9,11-12H2,1-6H3. The van der Waals surface area contributed by atoms with E-state index >= 15 is 0 Å². The zero-order valence-electron chi connectivity index (χ0n) is 19.4. The second kappa shape index (κ2) is 9.50. The van der Waals surface area contributed by atoms with E-state index in [9.17, 15) is 4.79 Å². The lowest BCUT2D eigenvalue weighted by atomic mass is 9.79. The molecule has 1 aliphatic carbocycles. The largest absolute Gasteiger partial charge is 0.493 e. The number of hydrogen-bond acceptors (Lipinski definition) is 6. The quantitative estimate of drug-likeness (QED) is 0.574. The Balaban J connectivity index is 2.12. The summed E-state index contributed by atoms with van der Waals surface area (Å²) in [6.45, 7) is 6.13. The van der Waals surface area contributed by atoms with E-state index < -0.39 is 5.41 Å². The van der Waals surface area contributed by atoms with Gasteiger partial charge >= 0.3 is 0 Å². The van der Waals surface area contributed by atoms with Crippen molar-refractivity contribution in [1.82, 2.24) is 9.97 Å². The van der Waals surface area contributed by atoms with E-state index in [-0.39, 0.29) is 5.78 Å². The number of allylic oxidation sites excluding steroid dienone is 2. The molecular formula is C25H32N2O4. The van der Waals surface area contributed by atoms with Crippen LogP contribution in [0.1, 0.15) is 57.8 Å². The Hall–Kier alpha value is -2.89. The van der Waals surface area contributed by atoms with E-state index in [0.29, 0.717) is 34.2 Å². The van der Waals surface area contributed by atoms with Gasteiger partial charge in [-0.3, -0.25) is 9.78 Å². The molecule has 1 aliphatic rings. The minimum absolute atomic E-state index is 0.133. The highest BCUT2D eigenvalue weighted by atomic mass is 16.5. The fourth-order valence-corrected chi connectivity index (χ4v) is 4.10. The zero-order chi connectivity index (χ0) is 22.6. The molecule has 3 rings (SSSR count). The molecule has 1 aromatic carbocycles. The van der Waals surface area contributed by atoms with Crippen LogP contribution in [0.5, 0.6) is 17.2 Å². The predicted molar refractivity (Wildman–Crippen MR) is 122 cm³/mol. The summed E-state index contributed by atoms with van der Waals surface area (Å²) in [5.74, 6) is 1.75. The summed E-state index contributed by atoms with van der Waals surface area (Å²) in [5, 5.41) is 0. The molecule has 1 aromatic heterocycles. The van der Waals surface area contributed by atoms with Gasteiger partial charge in [0.05, 0.1) is 44.6 Å². The Kier molecular flexibility index (Phi) is 6.98. The molecule has 0 saturated carbocycles. The lowest BCUT2D eigenvalue weighted by Crippen LogP contribution is -2.26. The molecule has 0 radical (unpaired) electrons. The van der Waals surface area contributed by atoms with Gasteiger partial charge in [0.2, 0.25) is 5.75 Å². The number of aromatic nitrogens is 2. The Morgan fingerprint density at radius 2 is 1.77 bits per heavy atom. The molecule has 2 aromatic rings. The molecule has 0 N–H and O–H groups in total. The van der Waals surface area contributed by atoms with Gasteiger partial charge in [-0.05, 0) is 37.8 Å². The van der Waals surface area contributed by atoms with Crippen LogP contribution in [0.4, 0.5) is 0 Å². The van der Waals surface area contributed by atoms with Crippen molar-refractivity contribution in [3.63, 3.8) is 0 Å². The molecule has 0 unspecified atom stereocenters. The van der Waals surface area contributed by atoms with Gasteiger partial charge < -0.3 is 14.2 Å². The van der Waals surface area contributed by atoms with Gasteiger partial charge in [0.15, 0.2) is 17.3 Å². The molecule has 0 aliphatic heterocycles. The Morgan fingerprint density at radius 1 is 1.10 bits per heavy atom. The summed E-state index contributed by atoms with van der Waals surface area (Å²) in [7, 11) is 4.74. The number of carbonyl (C=O) groups excluding carboxylic acids is 1. The molecule has 0 atom stereocenters. The van der Waals surface area contributed by atoms with Gasteiger partial charge in [0, 0.05) is 16.6 Å². The number of carbonyl (C=O) groups is 1. The molecule has 1 heterocycles. The van der Waals surface area contributed by atoms with E-state index in [4.69, 9.17) is 24.2 Å². The topological polar surface area (TPSA) is 70.5 Å². The van der Waals surface area contributed by atoms with E-state index in [1.54, 1.807) is 27.5 Å². The first-order valence-corrected chi connectivity index (χ1v) is 10.8. The van der Waals surface area contributed by atoms with Crippen LogP contribution in [0, 0.1) is 5.41 Å². The molecular weight excluding hydrogens is 392 g/mol. The van der Waals surface area contributed by atoms with Crippen molar-refractivity contribution in [3.8, 4) is 28.5 Å². The van der Waals surface area contributed by atoms with Crippen LogP contribution in [0.25, 0.3) is 16.8 Å². The van der Waals surface area contributed by atoms with Gasteiger partial charge in [-0.1, -0.05) is 33.3 Å². The summed E-state index contributed by atoms with van der Waals surface area (Å²) in [6, 6.07) is 3.70. The maximum atomic E-state index is 13.5. The number of fused-ring (bicyclic) bond motifs is 1. The van der Waals surface area contributed by atoms with Crippen molar-refractivity contribution in [2.45, 2.75) is 52.9 Å². The Bertz CT molecular complexity index is 970. The monoisotopic (exact) mass is 424 g/mol. The third-order valence-electron chi connectivity index (χ3n) is 5.76. The van der Waals surface area contributed by atoms with Crippen molar-refractivity contribution in [3.05, 3.63) is 35.8 Å². The van der Waals surface area contributed by atoms with Gasteiger partial charge in [-0.25, -0.2) is 4.98 Å². The Labute approximate surface area is 184 Å². The highest BCUT2D eigenvalue weighted by molar-refractivity contribution is 6.22. The third kappa shape index (κ3) is 4.58. The number of hydrogen-bond donors (Lipinski definition) is 0. The summed E-state index contributed by atoms with van der Waals surface area (Å²) in [5.41, 5.74) is 3.26. The average molecular weight is 425 g/mol. The Morgan fingerprint density at radius 3 is 2.35 bits per heavy atom. The van der Waals surface area contributed by atoms with Crippen molar-refractivity contribution in [1.29, 1.82) is 0 Å². The van der Waals surface area contributed by atoms with Crippen LogP contribution in [0.2, 0.25) is 0 Å². The normalized spacial score (nSPS) is 13.7. The van der Waals surface area contributed by atoms with Crippen molar-refractivity contribution < 1.29 is 19.0 Å². The number of Topliss-reactive ketones (excluding diaryl/α,β-unsaturated/α-hetero) is 1. The second-order valence-electron chi connectivity index (χ2n) is 8.44. The van der Waals surface area contributed by atoms with Crippen molar-refractivity contribution in [2.75, 3.05) is 21.3 Å². The highest BCUT2D eigenvalue weighted by Crippen LogP contribution is 2.41. The van der Waals surface area contributed by atoms with Gasteiger partial charge in [0.25, 0.3) is 0 Å². The number of ether oxygens (including phenoxy) is 3. The minimum atomic E-state index is -0.438. The number of benzene rings is 1. The summed E-state index contributed by atoms with van der Waals surface area (Å²) >= 11 is 0. The fourth-order valence-electron chi connectivity index (χ4n) is 4.10. The molecule has 166 valence electrons. The lowest BCUT2D eigenvalue weighted by Gasteiger charge is -2.24. The number of rotatable bonds is 8. The van der Waals surface area contributed by atoms with Gasteiger partial charge in [-0.2, -0.15) is 0 Å². The first-order valence-electron chi connectivity index (χ1n) is 10.8. The van der Waals surface area contributed by atoms with E-state index in [1.165, 1.54) is 0 Å². The summed E-state index contributed by atoms with van der Waals surface area (Å²) in [4.78, 5) is 23.1. The van der Waals surface area contributed by atoms with Gasteiger partial charge in [0.1, 0.15) is 0 Å². The predicted octanol–water partition coefficient (Wildman–Crippen LogP) is 5.28. The number of nitrogens with zero attached hydrogens (tertiary/aromatic N) is 2. The molecule has 0 amide bonds. The van der Waals surface area contributed by atoms with Crippen LogP contribution in [0.15, 0.2) is 24.4 Å². The van der Waals surface area contributed by atoms with Crippen LogP contribution in [-0.2, 0) is 11.2 Å². The molecule has 0 bridgehead atoms. The fraction of sp³-hybridized carbons (Fsp3) is 0.480. The average Bonchev–Trinajstić information content (AvgIpc) is 2.99. The minimum Gasteiger partial charge on any atom is -0.493 e. The van der Waals surface area contributed by atoms with E-state index in [0.717, 1.165) is 43.4 Å². The van der Waals surface area contributed by atoms with Crippen molar-refractivity contribution in [2.24, 2.45) is 5.41 Å². The second-order valence-corrected chi connectivity index (χ2v) is 8.44. The maximum Gasteiger partial charge on any atom is 0.203 e. The number of ketones is 1. The maximum absolute atomic E-state index is 13.5. The summed E-state index contributed by atoms with van der Waals surface area (Å²) < 4.78 is 16.4. The summed E-state index contributed by atoms with van der Waals surface area (Å²) in [6.07, 6.45) is 8.19. The first kappa shape index (κ1) is 22.8. The smallest absolute Gasteiger partial charge is 0.203 e. The van der Waals surface area contributed by atoms with Crippen molar-refractivity contribution >= 4 is 11.4 Å². The SMILES string of the molecule is CCCC(C)(C)C(=O)C1=CCCCc2ncc(-c3cc(OC)c(OC)c(OC)c3)nc21. The van der Waals surface area contributed by atoms with Crippen LogP contribution in [-0.4, -0.2) is 37.1 Å². The lowest BCUT2D eigenvalue weighted by molar-refractivity contribution is -0.121. The molecule has 31 heavy (non-hydrogen) atoms. The highest BCUT2D eigenvalue weighted by Gasteiger charge is 2.32.